The first-order chi connectivity index (χ1) is 9.15. The lowest BCUT2D eigenvalue weighted by atomic mass is 10.1. The standard InChI is InChI=1S/C13H15F2N3O/c1-9-17-12(19-18-9)5-6-16-8-10-3-2-4-11(7-10)13(14)15/h2-4,7,13,16H,5-6,8H2,1H3. The van der Waals surface area contributed by atoms with Crippen molar-refractivity contribution in [3.05, 3.63) is 47.1 Å². The average molecular weight is 267 g/mol. The number of rotatable bonds is 6. The van der Waals surface area contributed by atoms with E-state index in [1.54, 1.807) is 13.0 Å². The van der Waals surface area contributed by atoms with Crippen molar-refractivity contribution in [2.75, 3.05) is 6.54 Å². The van der Waals surface area contributed by atoms with Gasteiger partial charge < -0.3 is 9.84 Å². The Morgan fingerprint density at radius 1 is 1.37 bits per heavy atom. The molecule has 0 aliphatic rings. The quantitative estimate of drug-likeness (QED) is 0.817. The van der Waals surface area contributed by atoms with Crippen molar-refractivity contribution in [3.8, 4) is 0 Å². The summed E-state index contributed by atoms with van der Waals surface area (Å²) >= 11 is 0. The van der Waals surface area contributed by atoms with Crippen molar-refractivity contribution in [3.63, 3.8) is 0 Å². The fraction of sp³-hybridized carbons (Fsp3) is 0.385. The molecule has 0 unspecified atom stereocenters. The molecule has 2 aromatic rings. The van der Waals surface area contributed by atoms with E-state index >= 15 is 0 Å². The van der Waals surface area contributed by atoms with Crippen LogP contribution in [0, 0.1) is 6.92 Å². The summed E-state index contributed by atoms with van der Waals surface area (Å²) in [5, 5.41) is 6.84. The Morgan fingerprint density at radius 3 is 2.89 bits per heavy atom. The van der Waals surface area contributed by atoms with Crippen LogP contribution in [0.1, 0.15) is 29.3 Å². The highest BCUT2D eigenvalue weighted by Crippen LogP contribution is 2.19. The van der Waals surface area contributed by atoms with E-state index in [0.29, 0.717) is 31.2 Å². The molecule has 2 rings (SSSR count). The fourth-order valence-electron chi connectivity index (χ4n) is 1.71. The van der Waals surface area contributed by atoms with Crippen LogP contribution in [0.25, 0.3) is 0 Å². The molecule has 1 N–H and O–H groups in total. The van der Waals surface area contributed by atoms with Crippen LogP contribution in [0.3, 0.4) is 0 Å². The minimum atomic E-state index is -2.43. The third kappa shape index (κ3) is 4.10. The summed E-state index contributed by atoms with van der Waals surface area (Å²) in [5.74, 6) is 1.19. The summed E-state index contributed by atoms with van der Waals surface area (Å²) in [7, 11) is 0. The smallest absolute Gasteiger partial charge is 0.263 e. The summed E-state index contributed by atoms with van der Waals surface area (Å²) in [4.78, 5) is 4.08. The molecule has 0 atom stereocenters. The minimum Gasteiger partial charge on any atom is -0.339 e. The van der Waals surface area contributed by atoms with E-state index in [1.807, 2.05) is 6.07 Å². The number of benzene rings is 1. The van der Waals surface area contributed by atoms with Crippen molar-refractivity contribution in [2.24, 2.45) is 0 Å². The van der Waals surface area contributed by atoms with E-state index in [2.05, 4.69) is 15.5 Å². The number of alkyl halides is 2. The number of nitrogens with zero attached hydrogens (tertiary/aromatic N) is 2. The molecule has 0 amide bonds. The summed E-state index contributed by atoms with van der Waals surface area (Å²) in [6.07, 6.45) is -1.81. The van der Waals surface area contributed by atoms with Crippen LogP contribution in [0.2, 0.25) is 0 Å². The zero-order valence-corrected chi connectivity index (χ0v) is 10.6. The zero-order chi connectivity index (χ0) is 13.7. The Hall–Kier alpha value is -1.82. The van der Waals surface area contributed by atoms with Crippen LogP contribution in [0.5, 0.6) is 0 Å². The molecule has 1 aromatic carbocycles. The van der Waals surface area contributed by atoms with Gasteiger partial charge in [-0.3, -0.25) is 0 Å². The molecule has 0 aliphatic heterocycles. The predicted molar refractivity (Wildman–Crippen MR) is 65.8 cm³/mol. The Bertz CT molecular complexity index is 528. The molecule has 4 nitrogen and oxygen atoms in total. The molecule has 19 heavy (non-hydrogen) atoms. The summed E-state index contributed by atoms with van der Waals surface area (Å²) in [6, 6.07) is 6.39. The highest BCUT2D eigenvalue weighted by molar-refractivity contribution is 5.24. The van der Waals surface area contributed by atoms with Gasteiger partial charge in [-0.05, 0) is 18.6 Å². The van der Waals surface area contributed by atoms with Crippen molar-refractivity contribution in [1.82, 2.24) is 15.5 Å². The van der Waals surface area contributed by atoms with E-state index in [9.17, 15) is 8.78 Å². The van der Waals surface area contributed by atoms with Crippen molar-refractivity contribution >= 4 is 0 Å². The fourth-order valence-corrected chi connectivity index (χ4v) is 1.71. The monoisotopic (exact) mass is 267 g/mol. The Labute approximate surface area is 109 Å². The molecule has 0 saturated heterocycles. The van der Waals surface area contributed by atoms with Gasteiger partial charge in [0.1, 0.15) is 0 Å². The number of halogens is 2. The van der Waals surface area contributed by atoms with Gasteiger partial charge in [-0.1, -0.05) is 23.4 Å². The van der Waals surface area contributed by atoms with E-state index in [4.69, 9.17) is 4.52 Å². The van der Waals surface area contributed by atoms with Gasteiger partial charge in [0.15, 0.2) is 5.82 Å². The first-order valence-electron chi connectivity index (χ1n) is 6.02. The van der Waals surface area contributed by atoms with Gasteiger partial charge in [-0.15, -0.1) is 0 Å². The lowest BCUT2D eigenvalue weighted by molar-refractivity contribution is 0.151. The Balaban J connectivity index is 1.78. The van der Waals surface area contributed by atoms with Gasteiger partial charge in [0.2, 0.25) is 5.89 Å². The molecule has 0 saturated carbocycles. The Kier molecular flexibility index (Phi) is 4.57. The molecule has 0 spiro atoms. The molecule has 1 aromatic heterocycles. The minimum absolute atomic E-state index is 0.0480. The predicted octanol–water partition coefficient (Wildman–Crippen LogP) is 2.65. The number of aromatic nitrogens is 2. The second-order valence-electron chi connectivity index (χ2n) is 4.21. The summed E-state index contributed by atoms with van der Waals surface area (Å²) in [5.41, 5.74) is 0.881. The maximum absolute atomic E-state index is 12.5. The SMILES string of the molecule is Cc1noc(CCNCc2cccc(C(F)F)c2)n1. The third-order valence-corrected chi connectivity index (χ3v) is 2.62. The van der Waals surface area contributed by atoms with Gasteiger partial charge in [0, 0.05) is 25.1 Å². The van der Waals surface area contributed by atoms with Crippen molar-refractivity contribution < 1.29 is 13.3 Å². The largest absolute Gasteiger partial charge is 0.339 e. The second-order valence-corrected chi connectivity index (χ2v) is 4.21. The van der Waals surface area contributed by atoms with Gasteiger partial charge in [-0.2, -0.15) is 4.98 Å². The number of hydrogen-bond acceptors (Lipinski definition) is 4. The molecule has 0 aliphatic carbocycles. The lowest BCUT2D eigenvalue weighted by Gasteiger charge is -2.05. The molecule has 0 fully saturated rings. The number of aryl methyl sites for hydroxylation is 1. The topological polar surface area (TPSA) is 51.0 Å². The normalized spacial score (nSPS) is 11.2. The van der Waals surface area contributed by atoms with Crippen LogP contribution < -0.4 is 5.32 Å². The Morgan fingerprint density at radius 2 is 2.21 bits per heavy atom. The van der Waals surface area contributed by atoms with Crippen LogP contribution in [-0.4, -0.2) is 16.7 Å². The van der Waals surface area contributed by atoms with E-state index in [-0.39, 0.29) is 5.56 Å². The number of hydrogen-bond donors (Lipinski definition) is 1. The average Bonchev–Trinajstić information content (AvgIpc) is 2.81. The highest BCUT2D eigenvalue weighted by atomic mass is 19.3. The molecule has 102 valence electrons. The van der Waals surface area contributed by atoms with Crippen LogP contribution in [0.4, 0.5) is 8.78 Å². The summed E-state index contributed by atoms with van der Waals surface area (Å²) in [6.45, 7) is 2.95. The van der Waals surface area contributed by atoms with Gasteiger partial charge in [-0.25, -0.2) is 8.78 Å². The number of nitrogens with one attached hydrogen (secondary N) is 1. The van der Waals surface area contributed by atoms with Crippen LogP contribution in [0.15, 0.2) is 28.8 Å². The maximum atomic E-state index is 12.5. The van der Waals surface area contributed by atoms with Gasteiger partial charge in [0.05, 0.1) is 0 Å². The van der Waals surface area contributed by atoms with Crippen molar-refractivity contribution in [2.45, 2.75) is 26.3 Å². The molecule has 6 heteroatoms. The third-order valence-electron chi connectivity index (χ3n) is 2.62. The van der Waals surface area contributed by atoms with Crippen LogP contribution >= 0.6 is 0 Å². The molecular formula is C13H15F2N3O. The first-order valence-corrected chi connectivity index (χ1v) is 6.02. The van der Waals surface area contributed by atoms with E-state index in [0.717, 1.165) is 5.56 Å². The summed E-state index contributed by atoms with van der Waals surface area (Å²) < 4.78 is 30.0. The first kappa shape index (κ1) is 13.6. The molecule has 1 heterocycles. The lowest BCUT2D eigenvalue weighted by Crippen LogP contribution is -2.16. The van der Waals surface area contributed by atoms with Gasteiger partial charge in [0.25, 0.3) is 6.43 Å². The molecule has 0 radical (unpaired) electrons. The zero-order valence-electron chi connectivity index (χ0n) is 10.6. The van der Waals surface area contributed by atoms with E-state index < -0.39 is 6.43 Å². The molecule has 0 bridgehead atoms. The van der Waals surface area contributed by atoms with Crippen molar-refractivity contribution in [1.29, 1.82) is 0 Å². The van der Waals surface area contributed by atoms with Gasteiger partial charge >= 0.3 is 0 Å². The van der Waals surface area contributed by atoms with Crippen LogP contribution in [-0.2, 0) is 13.0 Å². The van der Waals surface area contributed by atoms with E-state index in [1.165, 1.54) is 12.1 Å². The maximum Gasteiger partial charge on any atom is 0.263 e. The second kappa shape index (κ2) is 6.38. The molecular weight excluding hydrogens is 252 g/mol. The highest BCUT2D eigenvalue weighted by Gasteiger charge is 2.07.